The first-order chi connectivity index (χ1) is 12.4. The molecule has 1 aromatic carbocycles. The first-order valence-electron chi connectivity index (χ1n) is 8.35. The summed E-state index contributed by atoms with van der Waals surface area (Å²) in [4.78, 5) is 22.0. The Balaban J connectivity index is 1.76. The highest BCUT2D eigenvalue weighted by molar-refractivity contribution is 7.99. The molecule has 1 aliphatic rings. The second-order valence-electron chi connectivity index (χ2n) is 5.89. The van der Waals surface area contributed by atoms with Crippen molar-refractivity contribution in [1.82, 2.24) is 9.97 Å². The Morgan fingerprint density at radius 2 is 1.92 bits per heavy atom. The third-order valence-electron chi connectivity index (χ3n) is 4.19. The van der Waals surface area contributed by atoms with E-state index in [1.807, 2.05) is 37.3 Å². The van der Waals surface area contributed by atoms with Crippen molar-refractivity contribution < 1.29 is 18.0 Å². The molecule has 0 radical (unpaired) electrons. The minimum Gasteiger partial charge on any atom is -0.312 e. The van der Waals surface area contributed by atoms with E-state index in [4.69, 9.17) is 0 Å². The SMILES string of the molecule is CCN(C(=O)CSc1nc2c(c(C(F)(F)F)n1)CCC2)c1ccccc1. The monoisotopic (exact) mass is 381 g/mol. The first kappa shape index (κ1) is 18.7. The Labute approximate surface area is 153 Å². The third-order valence-corrected chi connectivity index (χ3v) is 5.02. The summed E-state index contributed by atoms with van der Waals surface area (Å²) in [6.45, 7) is 2.32. The predicted octanol–water partition coefficient (Wildman–Crippen LogP) is 4.13. The zero-order valence-electron chi connectivity index (χ0n) is 14.2. The summed E-state index contributed by atoms with van der Waals surface area (Å²) < 4.78 is 39.8. The van der Waals surface area contributed by atoms with Crippen LogP contribution in [0.15, 0.2) is 35.5 Å². The molecule has 0 spiro atoms. The van der Waals surface area contributed by atoms with E-state index >= 15 is 0 Å². The van der Waals surface area contributed by atoms with Crippen LogP contribution in [0.2, 0.25) is 0 Å². The number of carbonyl (C=O) groups excluding carboxylic acids is 1. The number of hydrogen-bond acceptors (Lipinski definition) is 4. The van der Waals surface area contributed by atoms with Crippen molar-refractivity contribution in [3.63, 3.8) is 0 Å². The number of halogens is 3. The van der Waals surface area contributed by atoms with Gasteiger partial charge in [-0.05, 0) is 38.3 Å². The molecule has 2 aromatic rings. The molecule has 0 saturated heterocycles. The van der Waals surface area contributed by atoms with Gasteiger partial charge in [0, 0.05) is 23.5 Å². The lowest BCUT2D eigenvalue weighted by Gasteiger charge is -2.20. The molecular weight excluding hydrogens is 363 g/mol. The van der Waals surface area contributed by atoms with Crippen molar-refractivity contribution in [3.8, 4) is 0 Å². The van der Waals surface area contributed by atoms with E-state index in [9.17, 15) is 18.0 Å². The number of carbonyl (C=O) groups is 1. The molecule has 1 heterocycles. The average Bonchev–Trinajstić information content (AvgIpc) is 3.08. The zero-order valence-corrected chi connectivity index (χ0v) is 15.0. The van der Waals surface area contributed by atoms with Crippen LogP contribution in [0.25, 0.3) is 0 Å². The van der Waals surface area contributed by atoms with E-state index < -0.39 is 11.9 Å². The molecule has 0 fully saturated rings. The van der Waals surface area contributed by atoms with Crippen molar-refractivity contribution in [1.29, 1.82) is 0 Å². The van der Waals surface area contributed by atoms with Gasteiger partial charge in [-0.1, -0.05) is 30.0 Å². The number of thioether (sulfide) groups is 1. The summed E-state index contributed by atoms with van der Waals surface area (Å²) in [7, 11) is 0. The second-order valence-corrected chi connectivity index (χ2v) is 6.84. The number of fused-ring (bicyclic) bond motifs is 1. The van der Waals surface area contributed by atoms with Gasteiger partial charge in [0.15, 0.2) is 10.9 Å². The van der Waals surface area contributed by atoms with Gasteiger partial charge in [-0.3, -0.25) is 4.79 Å². The van der Waals surface area contributed by atoms with Gasteiger partial charge in [-0.25, -0.2) is 9.97 Å². The summed E-state index contributed by atoms with van der Waals surface area (Å²) in [5.74, 6) is -0.208. The van der Waals surface area contributed by atoms with Gasteiger partial charge in [0.25, 0.3) is 0 Å². The predicted molar refractivity (Wildman–Crippen MR) is 94.3 cm³/mol. The normalized spacial score (nSPS) is 13.5. The van der Waals surface area contributed by atoms with Crippen molar-refractivity contribution in [2.75, 3.05) is 17.2 Å². The molecular formula is C18H18F3N3OS. The molecule has 0 saturated carbocycles. The number of aryl methyl sites for hydroxylation is 1. The Morgan fingerprint density at radius 1 is 1.19 bits per heavy atom. The van der Waals surface area contributed by atoms with Crippen LogP contribution in [0, 0.1) is 0 Å². The lowest BCUT2D eigenvalue weighted by atomic mass is 10.2. The molecule has 0 N–H and O–H groups in total. The van der Waals surface area contributed by atoms with E-state index in [1.54, 1.807) is 4.90 Å². The highest BCUT2D eigenvalue weighted by atomic mass is 32.2. The topological polar surface area (TPSA) is 46.1 Å². The van der Waals surface area contributed by atoms with E-state index in [2.05, 4.69) is 9.97 Å². The molecule has 26 heavy (non-hydrogen) atoms. The zero-order chi connectivity index (χ0) is 18.7. The number of amides is 1. The van der Waals surface area contributed by atoms with Crippen LogP contribution < -0.4 is 4.90 Å². The summed E-state index contributed by atoms with van der Waals surface area (Å²) in [5.41, 5.74) is 0.558. The Morgan fingerprint density at radius 3 is 2.58 bits per heavy atom. The fourth-order valence-corrected chi connectivity index (χ4v) is 3.76. The average molecular weight is 381 g/mol. The van der Waals surface area contributed by atoms with Crippen LogP contribution in [0.5, 0.6) is 0 Å². The van der Waals surface area contributed by atoms with E-state index in [0.717, 1.165) is 17.4 Å². The molecule has 3 rings (SSSR count). The van der Waals surface area contributed by atoms with Crippen LogP contribution in [-0.4, -0.2) is 28.2 Å². The standard InChI is InChI=1S/C18H18F3N3OS/c1-2-24(12-7-4-3-5-8-12)15(25)11-26-17-22-14-10-6-9-13(14)16(23-17)18(19,20)21/h3-5,7-8H,2,6,9-11H2,1H3. The molecule has 138 valence electrons. The lowest BCUT2D eigenvalue weighted by molar-refractivity contribution is -0.142. The first-order valence-corrected chi connectivity index (χ1v) is 9.34. The maximum absolute atomic E-state index is 13.3. The van der Waals surface area contributed by atoms with Crippen LogP contribution in [0.1, 0.15) is 30.3 Å². The largest absolute Gasteiger partial charge is 0.433 e. The van der Waals surface area contributed by atoms with Gasteiger partial charge in [-0.15, -0.1) is 0 Å². The van der Waals surface area contributed by atoms with Gasteiger partial charge in [-0.2, -0.15) is 13.2 Å². The highest BCUT2D eigenvalue weighted by Gasteiger charge is 2.38. The Hall–Kier alpha value is -2.09. The van der Waals surface area contributed by atoms with Crippen LogP contribution in [0.4, 0.5) is 18.9 Å². The van der Waals surface area contributed by atoms with Gasteiger partial charge in [0.1, 0.15) is 0 Å². The number of nitrogens with zero attached hydrogens (tertiary/aromatic N) is 3. The van der Waals surface area contributed by atoms with Crippen molar-refractivity contribution >= 4 is 23.4 Å². The number of hydrogen-bond donors (Lipinski definition) is 0. The van der Waals surface area contributed by atoms with Gasteiger partial charge in [0.2, 0.25) is 5.91 Å². The van der Waals surface area contributed by atoms with E-state index in [0.29, 0.717) is 31.5 Å². The Kier molecular flexibility index (Phi) is 5.50. The number of alkyl halides is 3. The summed E-state index contributed by atoms with van der Waals surface area (Å²) in [6.07, 6.45) is -2.98. The van der Waals surface area contributed by atoms with Crippen molar-refractivity contribution in [2.45, 2.75) is 37.5 Å². The number of para-hydroxylation sites is 1. The van der Waals surface area contributed by atoms with Gasteiger partial charge >= 0.3 is 6.18 Å². The summed E-state index contributed by atoms with van der Waals surface area (Å²) in [6, 6.07) is 9.16. The van der Waals surface area contributed by atoms with Gasteiger partial charge < -0.3 is 4.90 Å². The number of benzene rings is 1. The second kappa shape index (κ2) is 7.65. The minimum absolute atomic E-state index is 0.00967. The van der Waals surface area contributed by atoms with Crippen molar-refractivity contribution in [2.24, 2.45) is 0 Å². The molecule has 0 aliphatic heterocycles. The van der Waals surface area contributed by atoms with E-state index in [1.165, 1.54) is 0 Å². The van der Waals surface area contributed by atoms with Gasteiger partial charge in [0.05, 0.1) is 5.75 Å². The summed E-state index contributed by atoms with van der Waals surface area (Å²) in [5, 5.41) is 0.00967. The number of aromatic nitrogens is 2. The number of anilines is 1. The smallest absolute Gasteiger partial charge is 0.312 e. The summed E-state index contributed by atoms with van der Waals surface area (Å²) >= 11 is 0.950. The van der Waals surface area contributed by atoms with Crippen LogP contribution in [-0.2, 0) is 23.8 Å². The molecule has 0 atom stereocenters. The van der Waals surface area contributed by atoms with Crippen LogP contribution in [0.3, 0.4) is 0 Å². The highest BCUT2D eigenvalue weighted by Crippen LogP contribution is 2.36. The lowest BCUT2D eigenvalue weighted by Crippen LogP contribution is -2.32. The molecule has 4 nitrogen and oxygen atoms in total. The number of rotatable bonds is 5. The van der Waals surface area contributed by atoms with E-state index in [-0.39, 0.29) is 22.4 Å². The minimum atomic E-state index is -4.50. The maximum atomic E-state index is 13.3. The fourth-order valence-electron chi connectivity index (χ4n) is 3.02. The molecule has 0 bridgehead atoms. The van der Waals surface area contributed by atoms with Crippen molar-refractivity contribution in [3.05, 3.63) is 47.3 Å². The van der Waals surface area contributed by atoms with Crippen LogP contribution >= 0.6 is 11.8 Å². The molecule has 0 unspecified atom stereocenters. The fraction of sp³-hybridized carbons (Fsp3) is 0.389. The molecule has 8 heteroatoms. The molecule has 1 aliphatic carbocycles. The third kappa shape index (κ3) is 4.00. The maximum Gasteiger partial charge on any atom is 0.433 e. The molecule has 1 aromatic heterocycles. The molecule has 1 amide bonds. The quantitative estimate of drug-likeness (QED) is 0.577. The Bertz CT molecular complexity index is 796.